The van der Waals surface area contributed by atoms with E-state index in [-0.39, 0.29) is 6.42 Å². The molecule has 0 amide bonds. The zero-order valence-electron chi connectivity index (χ0n) is 8.27. The summed E-state index contributed by atoms with van der Waals surface area (Å²) >= 11 is 0. The normalized spacial score (nSPS) is 30.6. The minimum atomic E-state index is -4.45. The third-order valence-corrected chi connectivity index (χ3v) is 3.34. The Morgan fingerprint density at radius 3 is 2.27 bits per heavy atom. The number of esters is 1. The number of carbonyl (C=O) groups excluding carboxylic acids is 1. The van der Waals surface area contributed by atoms with E-state index in [1.54, 1.807) is 0 Å². The number of ether oxygens (including phenoxy) is 1. The molecule has 2 rings (SSSR count). The molecule has 1 heterocycles. The molecule has 5 heteroatoms. The van der Waals surface area contributed by atoms with Gasteiger partial charge in [-0.25, -0.2) is 0 Å². The Bertz CT molecular complexity index is 266. The lowest BCUT2D eigenvalue weighted by molar-refractivity contribution is -0.185. The summed E-state index contributed by atoms with van der Waals surface area (Å²) in [6.07, 6.45) is -0.699. The molecule has 1 aliphatic heterocycles. The number of carbonyl (C=O) groups is 1. The van der Waals surface area contributed by atoms with E-state index >= 15 is 0 Å². The van der Waals surface area contributed by atoms with Crippen LogP contribution < -0.4 is 0 Å². The average Bonchev–Trinajstić information content (AvgIpc) is 2.44. The van der Waals surface area contributed by atoms with Gasteiger partial charge in [0.15, 0.2) is 5.92 Å². The third kappa shape index (κ3) is 1.96. The second-order valence-electron chi connectivity index (χ2n) is 4.46. The standard InChI is InChI=1S/C10H13F3O2/c11-10(12,13)7-6-9(15-8(7)14)4-2-1-3-5-9/h7H,1-6H2. The van der Waals surface area contributed by atoms with E-state index in [0.29, 0.717) is 12.8 Å². The van der Waals surface area contributed by atoms with Gasteiger partial charge in [0, 0.05) is 6.42 Å². The van der Waals surface area contributed by atoms with E-state index in [0.717, 1.165) is 19.3 Å². The van der Waals surface area contributed by atoms with Crippen molar-refractivity contribution in [1.29, 1.82) is 0 Å². The highest BCUT2D eigenvalue weighted by Crippen LogP contribution is 2.47. The summed E-state index contributed by atoms with van der Waals surface area (Å²) in [5.74, 6) is -2.97. The summed E-state index contributed by atoms with van der Waals surface area (Å²) in [7, 11) is 0. The Hall–Kier alpha value is -0.740. The summed E-state index contributed by atoms with van der Waals surface area (Å²) < 4.78 is 42.3. The SMILES string of the molecule is O=C1OC2(CCCCC2)CC1C(F)(F)F. The fourth-order valence-corrected chi connectivity index (χ4v) is 2.53. The maximum absolute atomic E-state index is 12.4. The predicted octanol–water partition coefficient (Wildman–Crippen LogP) is 2.81. The van der Waals surface area contributed by atoms with Crippen LogP contribution in [-0.2, 0) is 9.53 Å². The molecular formula is C10H13F3O2. The van der Waals surface area contributed by atoms with E-state index in [9.17, 15) is 18.0 Å². The lowest BCUT2D eigenvalue weighted by Gasteiger charge is -2.31. The van der Waals surface area contributed by atoms with Crippen molar-refractivity contribution in [3.05, 3.63) is 0 Å². The molecule has 0 aromatic heterocycles. The first kappa shape index (κ1) is 10.8. The van der Waals surface area contributed by atoms with Crippen LogP contribution in [0.5, 0.6) is 0 Å². The molecule has 1 unspecified atom stereocenters. The van der Waals surface area contributed by atoms with E-state index in [1.807, 2.05) is 0 Å². The van der Waals surface area contributed by atoms with Crippen molar-refractivity contribution < 1.29 is 22.7 Å². The van der Waals surface area contributed by atoms with Gasteiger partial charge in [-0.1, -0.05) is 6.42 Å². The van der Waals surface area contributed by atoms with Gasteiger partial charge in [0.25, 0.3) is 0 Å². The van der Waals surface area contributed by atoms with Crippen molar-refractivity contribution in [2.75, 3.05) is 0 Å². The van der Waals surface area contributed by atoms with Crippen LogP contribution in [0, 0.1) is 5.92 Å². The van der Waals surface area contributed by atoms with Crippen molar-refractivity contribution in [3.63, 3.8) is 0 Å². The van der Waals surface area contributed by atoms with Gasteiger partial charge in [-0.05, 0) is 25.7 Å². The second-order valence-corrected chi connectivity index (χ2v) is 4.46. The molecule has 2 nitrogen and oxygen atoms in total. The van der Waals surface area contributed by atoms with Crippen molar-refractivity contribution in [2.45, 2.75) is 50.3 Å². The van der Waals surface area contributed by atoms with Crippen molar-refractivity contribution in [1.82, 2.24) is 0 Å². The maximum Gasteiger partial charge on any atom is 0.402 e. The highest BCUT2D eigenvalue weighted by atomic mass is 19.4. The van der Waals surface area contributed by atoms with Crippen molar-refractivity contribution in [3.8, 4) is 0 Å². The highest BCUT2D eigenvalue weighted by Gasteiger charge is 2.57. The van der Waals surface area contributed by atoms with Gasteiger partial charge in [-0.15, -0.1) is 0 Å². The monoisotopic (exact) mass is 222 g/mol. The lowest BCUT2D eigenvalue weighted by Crippen LogP contribution is -2.31. The third-order valence-electron chi connectivity index (χ3n) is 3.34. The molecule has 0 bridgehead atoms. The molecule has 0 radical (unpaired) electrons. The van der Waals surface area contributed by atoms with Crippen molar-refractivity contribution in [2.24, 2.45) is 5.92 Å². The molecule has 2 fully saturated rings. The molecular weight excluding hydrogens is 209 g/mol. The first-order chi connectivity index (χ1) is 6.93. The number of rotatable bonds is 0. The average molecular weight is 222 g/mol. The van der Waals surface area contributed by atoms with Crippen LogP contribution >= 0.6 is 0 Å². The summed E-state index contributed by atoms with van der Waals surface area (Å²) in [6, 6.07) is 0. The van der Waals surface area contributed by atoms with Crippen LogP contribution in [0.4, 0.5) is 13.2 Å². The summed E-state index contributed by atoms with van der Waals surface area (Å²) in [4.78, 5) is 11.2. The van der Waals surface area contributed by atoms with Crippen LogP contribution in [0.1, 0.15) is 38.5 Å². The quantitative estimate of drug-likeness (QED) is 0.589. The zero-order valence-corrected chi connectivity index (χ0v) is 8.27. The molecule has 0 N–H and O–H groups in total. The van der Waals surface area contributed by atoms with Crippen LogP contribution in [0.2, 0.25) is 0 Å². The van der Waals surface area contributed by atoms with Gasteiger partial charge >= 0.3 is 12.1 Å². The fraction of sp³-hybridized carbons (Fsp3) is 0.900. The minimum Gasteiger partial charge on any atom is -0.459 e. The number of halogens is 3. The summed E-state index contributed by atoms with van der Waals surface area (Å²) in [6.45, 7) is 0. The molecule has 0 aromatic rings. The summed E-state index contributed by atoms with van der Waals surface area (Å²) in [5, 5.41) is 0. The van der Waals surface area contributed by atoms with Gasteiger partial charge in [-0.2, -0.15) is 13.2 Å². The molecule has 1 aliphatic carbocycles. The van der Waals surface area contributed by atoms with Gasteiger partial charge in [0.2, 0.25) is 0 Å². The fourth-order valence-electron chi connectivity index (χ4n) is 2.53. The van der Waals surface area contributed by atoms with Crippen LogP contribution in [0.25, 0.3) is 0 Å². The molecule has 86 valence electrons. The van der Waals surface area contributed by atoms with Crippen LogP contribution in [0.15, 0.2) is 0 Å². The van der Waals surface area contributed by atoms with E-state index < -0.39 is 23.7 Å². The van der Waals surface area contributed by atoms with E-state index in [2.05, 4.69) is 0 Å². The smallest absolute Gasteiger partial charge is 0.402 e. The van der Waals surface area contributed by atoms with Gasteiger partial charge in [-0.3, -0.25) is 4.79 Å². The van der Waals surface area contributed by atoms with Gasteiger partial charge in [0.05, 0.1) is 0 Å². The topological polar surface area (TPSA) is 26.3 Å². The Morgan fingerprint density at radius 2 is 1.80 bits per heavy atom. The highest BCUT2D eigenvalue weighted by molar-refractivity contribution is 5.76. The predicted molar refractivity (Wildman–Crippen MR) is 46.1 cm³/mol. The number of alkyl halides is 3. The summed E-state index contributed by atoms with van der Waals surface area (Å²) in [5.41, 5.74) is -0.796. The molecule has 2 aliphatic rings. The Labute approximate surface area is 85.8 Å². The molecule has 1 saturated heterocycles. The molecule has 1 saturated carbocycles. The van der Waals surface area contributed by atoms with E-state index in [1.165, 1.54) is 0 Å². The van der Waals surface area contributed by atoms with Gasteiger partial charge in [0.1, 0.15) is 5.60 Å². The lowest BCUT2D eigenvalue weighted by atomic mass is 9.80. The maximum atomic E-state index is 12.4. The largest absolute Gasteiger partial charge is 0.459 e. The Kier molecular flexibility index (Phi) is 2.43. The molecule has 15 heavy (non-hydrogen) atoms. The van der Waals surface area contributed by atoms with Crippen LogP contribution in [0.3, 0.4) is 0 Å². The Morgan fingerprint density at radius 1 is 1.20 bits per heavy atom. The number of hydrogen-bond acceptors (Lipinski definition) is 2. The second kappa shape index (κ2) is 3.39. The molecule has 0 aromatic carbocycles. The number of hydrogen-bond donors (Lipinski definition) is 0. The first-order valence-electron chi connectivity index (χ1n) is 5.23. The Balaban J connectivity index is 2.12. The van der Waals surface area contributed by atoms with E-state index in [4.69, 9.17) is 4.74 Å². The van der Waals surface area contributed by atoms with Crippen LogP contribution in [-0.4, -0.2) is 17.7 Å². The molecule has 1 atom stereocenters. The van der Waals surface area contributed by atoms with Crippen molar-refractivity contribution >= 4 is 5.97 Å². The minimum absolute atomic E-state index is 0.171. The zero-order chi connectivity index (χ0) is 11.1. The van der Waals surface area contributed by atoms with Gasteiger partial charge < -0.3 is 4.74 Å². The first-order valence-corrected chi connectivity index (χ1v) is 5.23. The molecule has 1 spiro atoms.